The van der Waals surface area contributed by atoms with Crippen LogP contribution in [0.15, 0.2) is 48.5 Å². The summed E-state index contributed by atoms with van der Waals surface area (Å²) >= 11 is 0. The lowest BCUT2D eigenvalue weighted by Gasteiger charge is -2.25. The third-order valence-electron chi connectivity index (χ3n) is 3.51. The SMILES string of the molecule is CCC(N)C(Oc1ccc(C)cc1)c1cccc(C)c1. The monoisotopic (exact) mass is 269 g/mol. The first-order valence-corrected chi connectivity index (χ1v) is 7.15. The Morgan fingerprint density at radius 2 is 1.70 bits per heavy atom. The van der Waals surface area contributed by atoms with Crippen molar-refractivity contribution in [3.8, 4) is 5.75 Å². The number of rotatable bonds is 5. The minimum Gasteiger partial charge on any atom is -0.484 e. The molecule has 0 aliphatic carbocycles. The Bertz CT molecular complexity index is 548. The summed E-state index contributed by atoms with van der Waals surface area (Å²) in [6, 6.07) is 16.5. The Balaban J connectivity index is 2.26. The summed E-state index contributed by atoms with van der Waals surface area (Å²) < 4.78 is 6.14. The van der Waals surface area contributed by atoms with E-state index in [-0.39, 0.29) is 12.1 Å². The standard InChI is InChI=1S/C18H23NO/c1-4-17(19)18(15-7-5-6-14(3)12-15)20-16-10-8-13(2)9-11-16/h5-12,17-18H,4,19H2,1-3H3. The number of hydrogen-bond acceptors (Lipinski definition) is 2. The summed E-state index contributed by atoms with van der Waals surface area (Å²) in [6.07, 6.45) is 0.771. The van der Waals surface area contributed by atoms with E-state index in [1.165, 1.54) is 11.1 Å². The summed E-state index contributed by atoms with van der Waals surface area (Å²) in [5.74, 6) is 0.867. The second-order valence-corrected chi connectivity index (χ2v) is 5.34. The van der Waals surface area contributed by atoms with Crippen LogP contribution in [-0.2, 0) is 0 Å². The molecule has 0 radical (unpaired) electrons. The maximum Gasteiger partial charge on any atom is 0.139 e. The number of nitrogens with two attached hydrogens (primary N) is 1. The first-order valence-electron chi connectivity index (χ1n) is 7.15. The molecule has 20 heavy (non-hydrogen) atoms. The molecule has 2 heteroatoms. The zero-order valence-corrected chi connectivity index (χ0v) is 12.5. The predicted molar refractivity (Wildman–Crippen MR) is 84.0 cm³/mol. The van der Waals surface area contributed by atoms with Gasteiger partial charge >= 0.3 is 0 Å². The van der Waals surface area contributed by atoms with Gasteiger partial charge in [-0.1, -0.05) is 54.4 Å². The van der Waals surface area contributed by atoms with Gasteiger partial charge in [-0.25, -0.2) is 0 Å². The van der Waals surface area contributed by atoms with Gasteiger partial charge < -0.3 is 10.5 Å². The van der Waals surface area contributed by atoms with Crippen LogP contribution in [0.5, 0.6) is 5.75 Å². The molecule has 2 atom stereocenters. The molecule has 0 aliphatic rings. The highest BCUT2D eigenvalue weighted by atomic mass is 16.5. The minimum atomic E-state index is -0.109. The molecule has 0 bridgehead atoms. The van der Waals surface area contributed by atoms with Crippen LogP contribution < -0.4 is 10.5 Å². The van der Waals surface area contributed by atoms with E-state index in [0.717, 1.165) is 17.7 Å². The van der Waals surface area contributed by atoms with Crippen molar-refractivity contribution in [1.29, 1.82) is 0 Å². The number of benzene rings is 2. The largest absolute Gasteiger partial charge is 0.484 e. The van der Waals surface area contributed by atoms with Crippen LogP contribution in [0, 0.1) is 13.8 Å². The molecule has 0 spiro atoms. The molecule has 2 nitrogen and oxygen atoms in total. The Morgan fingerprint density at radius 3 is 2.30 bits per heavy atom. The van der Waals surface area contributed by atoms with Crippen LogP contribution in [0.2, 0.25) is 0 Å². The van der Waals surface area contributed by atoms with Crippen LogP contribution >= 0.6 is 0 Å². The lowest BCUT2D eigenvalue weighted by molar-refractivity contribution is 0.171. The topological polar surface area (TPSA) is 35.2 Å². The summed E-state index contributed by atoms with van der Waals surface area (Å²) in [5.41, 5.74) is 9.84. The van der Waals surface area contributed by atoms with Crippen LogP contribution in [-0.4, -0.2) is 6.04 Å². The quantitative estimate of drug-likeness (QED) is 0.884. The van der Waals surface area contributed by atoms with Gasteiger partial charge in [0.2, 0.25) is 0 Å². The van der Waals surface area contributed by atoms with Crippen molar-refractivity contribution in [2.75, 3.05) is 0 Å². The Labute approximate surface area is 121 Å². The number of hydrogen-bond donors (Lipinski definition) is 1. The Morgan fingerprint density at radius 1 is 1.00 bits per heavy atom. The molecule has 2 unspecified atom stereocenters. The fraction of sp³-hybridized carbons (Fsp3) is 0.333. The van der Waals surface area contributed by atoms with Crippen molar-refractivity contribution < 1.29 is 4.74 Å². The second kappa shape index (κ2) is 6.58. The molecule has 0 saturated heterocycles. The lowest BCUT2D eigenvalue weighted by atomic mass is 9.99. The summed E-state index contributed by atoms with van der Waals surface area (Å²) in [5, 5.41) is 0. The minimum absolute atomic E-state index is 0.0156. The third-order valence-corrected chi connectivity index (χ3v) is 3.51. The van der Waals surface area contributed by atoms with Crippen molar-refractivity contribution in [3.63, 3.8) is 0 Å². The molecule has 0 aliphatic heterocycles. The van der Waals surface area contributed by atoms with Gasteiger partial charge in [-0.15, -0.1) is 0 Å². The second-order valence-electron chi connectivity index (χ2n) is 5.34. The molecule has 2 aromatic carbocycles. The summed E-state index contributed by atoms with van der Waals surface area (Å²) in [6.45, 7) is 6.25. The summed E-state index contributed by atoms with van der Waals surface area (Å²) in [4.78, 5) is 0. The zero-order valence-electron chi connectivity index (χ0n) is 12.5. The molecule has 0 amide bonds. The van der Waals surface area contributed by atoms with E-state index in [1.807, 2.05) is 12.1 Å². The maximum atomic E-state index is 6.25. The van der Waals surface area contributed by atoms with Crippen LogP contribution in [0.1, 0.15) is 36.1 Å². The highest BCUT2D eigenvalue weighted by Crippen LogP contribution is 2.26. The first-order chi connectivity index (χ1) is 9.60. The van der Waals surface area contributed by atoms with Gasteiger partial charge in [0.15, 0.2) is 0 Å². The molecule has 0 saturated carbocycles. The number of ether oxygens (including phenoxy) is 1. The van der Waals surface area contributed by atoms with Crippen molar-refractivity contribution in [2.24, 2.45) is 5.73 Å². The van der Waals surface area contributed by atoms with Crippen LogP contribution in [0.3, 0.4) is 0 Å². The smallest absolute Gasteiger partial charge is 0.139 e. The molecule has 0 heterocycles. The van der Waals surface area contributed by atoms with Gasteiger partial charge in [-0.2, -0.15) is 0 Å². The highest BCUT2D eigenvalue weighted by molar-refractivity contribution is 5.30. The van der Waals surface area contributed by atoms with E-state index < -0.39 is 0 Å². The normalized spacial score (nSPS) is 13.8. The van der Waals surface area contributed by atoms with Gasteiger partial charge in [0.1, 0.15) is 11.9 Å². The fourth-order valence-corrected chi connectivity index (χ4v) is 2.23. The molecule has 0 fully saturated rings. The van der Waals surface area contributed by atoms with Crippen molar-refractivity contribution in [2.45, 2.75) is 39.3 Å². The van der Waals surface area contributed by atoms with Crippen LogP contribution in [0.25, 0.3) is 0 Å². The molecular formula is C18H23NO. The van der Waals surface area contributed by atoms with Crippen LogP contribution in [0.4, 0.5) is 0 Å². The first kappa shape index (κ1) is 14.6. The average Bonchev–Trinajstić information content (AvgIpc) is 2.46. The van der Waals surface area contributed by atoms with Gasteiger partial charge in [0.05, 0.1) is 0 Å². The molecule has 2 aromatic rings. The highest BCUT2D eigenvalue weighted by Gasteiger charge is 2.20. The number of aryl methyl sites for hydroxylation is 2. The lowest BCUT2D eigenvalue weighted by Crippen LogP contribution is -2.31. The van der Waals surface area contributed by atoms with E-state index >= 15 is 0 Å². The Hall–Kier alpha value is -1.80. The van der Waals surface area contributed by atoms with E-state index in [0.29, 0.717) is 0 Å². The molecular weight excluding hydrogens is 246 g/mol. The van der Waals surface area contributed by atoms with Crippen molar-refractivity contribution >= 4 is 0 Å². The molecule has 0 aromatic heterocycles. The maximum absolute atomic E-state index is 6.25. The van der Waals surface area contributed by atoms with E-state index in [4.69, 9.17) is 10.5 Å². The molecule has 106 valence electrons. The zero-order chi connectivity index (χ0) is 14.5. The average molecular weight is 269 g/mol. The van der Waals surface area contributed by atoms with E-state index in [9.17, 15) is 0 Å². The van der Waals surface area contributed by atoms with Gasteiger partial charge in [-0.05, 0) is 38.0 Å². The van der Waals surface area contributed by atoms with Crippen molar-refractivity contribution in [3.05, 3.63) is 65.2 Å². The predicted octanol–water partition coefficient (Wildman–Crippen LogP) is 4.16. The van der Waals surface area contributed by atoms with Gasteiger partial charge in [-0.3, -0.25) is 0 Å². The van der Waals surface area contributed by atoms with Gasteiger partial charge in [0.25, 0.3) is 0 Å². The summed E-state index contributed by atoms with van der Waals surface area (Å²) in [7, 11) is 0. The van der Waals surface area contributed by atoms with Crippen molar-refractivity contribution in [1.82, 2.24) is 0 Å². The molecule has 2 rings (SSSR count). The van der Waals surface area contributed by atoms with Gasteiger partial charge in [0, 0.05) is 6.04 Å². The molecule has 2 N–H and O–H groups in total. The fourth-order valence-electron chi connectivity index (χ4n) is 2.23. The van der Waals surface area contributed by atoms with E-state index in [2.05, 4.69) is 57.2 Å². The Kier molecular flexibility index (Phi) is 4.80. The third kappa shape index (κ3) is 3.61. The van der Waals surface area contributed by atoms with E-state index in [1.54, 1.807) is 0 Å².